The summed E-state index contributed by atoms with van der Waals surface area (Å²) in [6.07, 6.45) is 1.57. The first-order valence-corrected chi connectivity index (χ1v) is 10.1. The molecule has 0 aliphatic carbocycles. The Balaban J connectivity index is 1.55. The molecule has 0 spiro atoms. The molecule has 0 atom stereocenters. The smallest absolute Gasteiger partial charge is 0.241 e. The molecule has 3 heterocycles. The quantitative estimate of drug-likeness (QED) is 0.796. The summed E-state index contributed by atoms with van der Waals surface area (Å²) in [7, 11) is 0. The van der Waals surface area contributed by atoms with Crippen molar-refractivity contribution in [1.82, 2.24) is 19.9 Å². The van der Waals surface area contributed by atoms with E-state index < -0.39 is 5.41 Å². The third-order valence-electron chi connectivity index (χ3n) is 5.43. The molecule has 1 amide bonds. The van der Waals surface area contributed by atoms with E-state index in [-0.39, 0.29) is 5.91 Å². The lowest BCUT2D eigenvalue weighted by Crippen LogP contribution is -2.54. The molecule has 1 aliphatic heterocycles. The molecule has 0 bridgehead atoms. The van der Waals surface area contributed by atoms with Gasteiger partial charge in [-0.15, -0.1) is 11.3 Å². The van der Waals surface area contributed by atoms with Crippen molar-refractivity contribution < 1.29 is 9.32 Å². The van der Waals surface area contributed by atoms with Crippen LogP contribution in [0.2, 0.25) is 0 Å². The second kappa shape index (κ2) is 8.28. The summed E-state index contributed by atoms with van der Waals surface area (Å²) in [6.45, 7) is 8.15. The lowest BCUT2D eigenvalue weighted by atomic mass is 9.81. The number of aromatic nitrogens is 2. The lowest BCUT2D eigenvalue weighted by molar-refractivity contribution is -0.144. The van der Waals surface area contributed by atoms with Gasteiger partial charge < -0.3 is 15.2 Å². The number of carbonyl (C=O) groups excluding carboxylic acids is 1. The van der Waals surface area contributed by atoms with Gasteiger partial charge in [0.1, 0.15) is 0 Å². The molecule has 0 unspecified atom stereocenters. The third-order valence-corrected chi connectivity index (χ3v) is 6.29. The summed E-state index contributed by atoms with van der Waals surface area (Å²) in [4.78, 5) is 22.6. The van der Waals surface area contributed by atoms with Crippen LogP contribution in [0.15, 0.2) is 22.0 Å². The van der Waals surface area contributed by atoms with Crippen LogP contribution < -0.4 is 5.73 Å². The van der Waals surface area contributed by atoms with Gasteiger partial charge in [0.25, 0.3) is 0 Å². The van der Waals surface area contributed by atoms with Crippen LogP contribution in [0.4, 0.5) is 0 Å². The van der Waals surface area contributed by atoms with Gasteiger partial charge in [0, 0.05) is 32.7 Å². The Labute approximate surface area is 158 Å². The van der Waals surface area contributed by atoms with E-state index in [1.807, 2.05) is 36.3 Å². The maximum atomic E-state index is 12.9. The Morgan fingerprint density at radius 1 is 1.31 bits per heavy atom. The fraction of sp³-hybridized carbons (Fsp3) is 0.611. The van der Waals surface area contributed by atoms with Crippen LogP contribution in [-0.2, 0) is 11.3 Å². The number of nitrogens with zero attached hydrogens (tertiary/aromatic N) is 4. The lowest BCUT2D eigenvalue weighted by Gasteiger charge is -2.40. The van der Waals surface area contributed by atoms with Crippen molar-refractivity contribution in [3.05, 3.63) is 23.4 Å². The highest BCUT2D eigenvalue weighted by atomic mass is 32.1. The fourth-order valence-corrected chi connectivity index (χ4v) is 4.04. The summed E-state index contributed by atoms with van der Waals surface area (Å²) in [5.74, 6) is 1.46. The monoisotopic (exact) mass is 377 g/mol. The first-order valence-electron chi connectivity index (χ1n) is 9.20. The van der Waals surface area contributed by atoms with Crippen molar-refractivity contribution in [2.45, 2.75) is 33.2 Å². The van der Waals surface area contributed by atoms with Crippen molar-refractivity contribution in [1.29, 1.82) is 0 Å². The van der Waals surface area contributed by atoms with Crippen molar-refractivity contribution in [2.24, 2.45) is 11.1 Å². The van der Waals surface area contributed by atoms with Gasteiger partial charge in [0.05, 0.1) is 16.8 Å². The third kappa shape index (κ3) is 3.82. The second-order valence-corrected chi connectivity index (χ2v) is 7.70. The van der Waals surface area contributed by atoms with Gasteiger partial charge in [-0.2, -0.15) is 4.98 Å². The van der Waals surface area contributed by atoms with E-state index in [1.165, 1.54) is 0 Å². The number of piperazine rings is 1. The highest BCUT2D eigenvalue weighted by Gasteiger charge is 2.37. The first-order chi connectivity index (χ1) is 12.6. The normalized spacial score (nSPS) is 16.2. The summed E-state index contributed by atoms with van der Waals surface area (Å²) in [6, 6.07) is 3.95. The topological polar surface area (TPSA) is 88.5 Å². The Kier molecular flexibility index (Phi) is 6.05. The van der Waals surface area contributed by atoms with Gasteiger partial charge in [0.2, 0.25) is 17.6 Å². The Morgan fingerprint density at radius 2 is 2.04 bits per heavy atom. The van der Waals surface area contributed by atoms with Crippen LogP contribution in [0.1, 0.15) is 32.6 Å². The summed E-state index contributed by atoms with van der Waals surface area (Å²) < 4.78 is 5.38. The summed E-state index contributed by atoms with van der Waals surface area (Å²) in [5.41, 5.74) is 5.51. The van der Waals surface area contributed by atoms with Crippen molar-refractivity contribution in [3.8, 4) is 10.7 Å². The first kappa shape index (κ1) is 19.0. The van der Waals surface area contributed by atoms with Gasteiger partial charge in [-0.3, -0.25) is 9.69 Å². The number of rotatable bonds is 7. The van der Waals surface area contributed by atoms with Crippen LogP contribution in [0.3, 0.4) is 0 Å². The number of nitrogens with two attached hydrogens (primary N) is 1. The Bertz CT molecular complexity index is 695. The minimum Gasteiger partial charge on any atom is -0.340 e. The molecule has 2 N–H and O–H groups in total. The Hall–Kier alpha value is -1.77. The molecule has 26 heavy (non-hydrogen) atoms. The molecule has 1 fully saturated rings. The number of carbonyl (C=O) groups is 1. The molecule has 2 aromatic rings. The minimum atomic E-state index is -0.412. The van der Waals surface area contributed by atoms with Gasteiger partial charge in [0.15, 0.2) is 0 Å². The maximum Gasteiger partial charge on any atom is 0.241 e. The summed E-state index contributed by atoms with van der Waals surface area (Å²) >= 11 is 1.59. The standard InChI is InChI=1S/C18H27N5O2S/c1-3-18(4-2,13-19)17(24)23-9-7-22(8-10-23)12-15-20-16(21-25-15)14-6-5-11-26-14/h5-6,11H,3-4,7-10,12-13,19H2,1-2H3. The van der Waals surface area contributed by atoms with E-state index in [0.717, 1.165) is 30.8 Å². The van der Waals surface area contributed by atoms with E-state index in [9.17, 15) is 4.79 Å². The average molecular weight is 378 g/mol. The molecule has 2 aromatic heterocycles. The van der Waals surface area contributed by atoms with E-state index in [4.69, 9.17) is 10.3 Å². The molecule has 0 aromatic carbocycles. The van der Waals surface area contributed by atoms with E-state index >= 15 is 0 Å². The van der Waals surface area contributed by atoms with Crippen LogP contribution >= 0.6 is 11.3 Å². The zero-order valence-corrected chi connectivity index (χ0v) is 16.3. The highest BCUT2D eigenvalue weighted by molar-refractivity contribution is 7.13. The second-order valence-electron chi connectivity index (χ2n) is 6.75. The molecule has 1 aliphatic rings. The molecule has 142 valence electrons. The van der Waals surface area contributed by atoms with Crippen molar-refractivity contribution in [3.63, 3.8) is 0 Å². The molecule has 3 rings (SSSR count). The molecule has 1 saturated heterocycles. The minimum absolute atomic E-state index is 0.197. The van der Waals surface area contributed by atoms with Crippen LogP contribution in [0, 0.1) is 5.41 Å². The van der Waals surface area contributed by atoms with E-state index in [1.54, 1.807) is 11.3 Å². The van der Waals surface area contributed by atoms with E-state index in [0.29, 0.717) is 37.9 Å². The molecule has 0 saturated carbocycles. The maximum absolute atomic E-state index is 12.9. The molecule has 8 heteroatoms. The Morgan fingerprint density at radius 3 is 2.62 bits per heavy atom. The predicted molar refractivity (Wildman–Crippen MR) is 102 cm³/mol. The molecule has 0 radical (unpaired) electrons. The van der Waals surface area contributed by atoms with Gasteiger partial charge in [-0.1, -0.05) is 25.1 Å². The number of thiophene rings is 1. The van der Waals surface area contributed by atoms with Crippen LogP contribution in [0.5, 0.6) is 0 Å². The van der Waals surface area contributed by atoms with Gasteiger partial charge in [-0.05, 0) is 24.3 Å². The van der Waals surface area contributed by atoms with E-state index in [2.05, 4.69) is 15.0 Å². The molecular weight excluding hydrogens is 350 g/mol. The number of amides is 1. The zero-order valence-electron chi connectivity index (χ0n) is 15.5. The fourth-order valence-electron chi connectivity index (χ4n) is 3.39. The predicted octanol–water partition coefficient (Wildman–Crippen LogP) is 2.21. The largest absolute Gasteiger partial charge is 0.340 e. The van der Waals surface area contributed by atoms with Crippen molar-refractivity contribution >= 4 is 17.2 Å². The number of hydrogen-bond acceptors (Lipinski definition) is 7. The zero-order chi connectivity index (χ0) is 18.6. The van der Waals surface area contributed by atoms with Crippen LogP contribution in [-0.4, -0.2) is 58.6 Å². The molecular formula is C18H27N5O2S. The average Bonchev–Trinajstić information content (AvgIpc) is 3.36. The van der Waals surface area contributed by atoms with Crippen LogP contribution in [0.25, 0.3) is 10.7 Å². The summed E-state index contributed by atoms with van der Waals surface area (Å²) in [5, 5.41) is 6.05. The van der Waals surface area contributed by atoms with Gasteiger partial charge >= 0.3 is 0 Å². The number of hydrogen-bond donors (Lipinski definition) is 1. The molecule has 7 nitrogen and oxygen atoms in total. The highest BCUT2D eigenvalue weighted by Crippen LogP contribution is 2.28. The van der Waals surface area contributed by atoms with Crippen molar-refractivity contribution in [2.75, 3.05) is 32.7 Å². The van der Waals surface area contributed by atoms with Gasteiger partial charge in [-0.25, -0.2) is 0 Å². The SMILES string of the molecule is CCC(CC)(CN)C(=O)N1CCN(Cc2nc(-c3cccs3)no2)CC1.